The van der Waals surface area contributed by atoms with Crippen LogP contribution in [0, 0.1) is 0 Å². The van der Waals surface area contributed by atoms with Gasteiger partial charge in [-0.1, -0.05) is 0 Å². The smallest absolute Gasteiger partial charge is 0.202 e. The minimum atomic E-state index is -0.723. The number of rotatable bonds is 1. The second kappa shape index (κ2) is 1.92. The van der Waals surface area contributed by atoms with Gasteiger partial charge < -0.3 is 19.3 Å². The molecule has 4 nitrogen and oxygen atoms in total. The lowest BCUT2D eigenvalue weighted by molar-refractivity contribution is -0.160. The third-order valence-corrected chi connectivity index (χ3v) is 2.02. The zero-order chi connectivity index (χ0) is 7.19. The highest BCUT2D eigenvalue weighted by atomic mass is 16.8. The molecule has 2 fully saturated rings. The van der Waals surface area contributed by atoms with Gasteiger partial charge in [-0.05, 0) is 0 Å². The summed E-state index contributed by atoms with van der Waals surface area (Å²) in [6.45, 7) is 0.439. The van der Waals surface area contributed by atoms with Gasteiger partial charge in [0.2, 0.25) is 5.79 Å². The molecular formula is C6H10O4. The molecule has 0 aromatic rings. The van der Waals surface area contributed by atoms with Crippen LogP contribution in [-0.2, 0) is 14.2 Å². The van der Waals surface area contributed by atoms with E-state index in [4.69, 9.17) is 19.3 Å². The topological polar surface area (TPSA) is 51.2 Å². The van der Waals surface area contributed by atoms with Crippen LogP contribution in [0.3, 0.4) is 0 Å². The van der Waals surface area contributed by atoms with Gasteiger partial charge in [0.25, 0.3) is 0 Å². The number of ether oxygens (including phenoxy) is 3. The average Bonchev–Trinajstić information content (AvgIpc) is 2.62. The van der Waals surface area contributed by atoms with Gasteiger partial charge in [-0.3, -0.25) is 0 Å². The first-order valence-corrected chi connectivity index (χ1v) is 3.29. The van der Waals surface area contributed by atoms with E-state index >= 15 is 0 Å². The summed E-state index contributed by atoms with van der Waals surface area (Å²) in [5.74, 6) is -0.516. The van der Waals surface area contributed by atoms with Gasteiger partial charge in [-0.15, -0.1) is 0 Å². The first-order chi connectivity index (χ1) is 4.77. The molecule has 0 aliphatic carbocycles. The number of fused-ring (bicyclic) bond motifs is 1. The normalized spacial score (nSPS) is 52.2. The van der Waals surface area contributed by atoms with Crippen molar-refractivity contribution in [3.8, 4) is 0 Å². The standard InChI is InChI=1S/C6H10O4/c1-8-6-2-5(7)9-3-4(6)10-6/h4-5,7H,2-3H2,1H3/t4-,5+,6?/m0/s1. The predicted molar refractivity (Wildman–Crippen MR) is 31.2 cm³/mol. The number of epoxide rings is 1. The SMILES string of the molecule is COC12C[C@H](O)OC[C@@H]1O2. The molecule has 2 heterocycles. The first kappa shape index (κ1) is 6.54. The summed E-state index contributed by atoms with van der Waals surface area (Å²) >= 11 is 0. The quantitative estimate of drug-likeness (QED) is 0.505. The van der Waals surface area contributed by atoms with Crippen molar-refractivity contribution in [3.63, 3.8) is 0 Å². The van der Waals surface area contributed by atoms with Crippen LogP contribution >= 0.6 is 0 Å². The summed E-state index contributed by atoms with van der Waals surface area (Å²) in [7, 11) is 1.58. The van der Waals surface area contributed by atoms with Crippen molar-refractivity contribution in [2.75, 3.05) is 13.7 Å². The monoisotopic (exact) mass is 146 g/mol. The molecule has 10 heavy (non-hydrogen) atoms. The van der Waals surface area contributed by atoms with Crippen molar-refractivity contribution in [2.24, 2.45) is 0 Å². The lowest BCUT2D eigenvalue weighted by atomic mass is 10.1. The molecule has 0 aromatic heterocycles. The summed E-state index contributed by atoms with van der Waals surface area (Å²) in [6, 6.07) is 0. The van der Waals surface area contributed by atoms with Crippen molar-refractivity contribution in [2.45, 2.75) is 24.6 Å². The molecule has 2 aliphatic heterocycles. The second-order valence-electron chi connectivity index (χ2n) is 2.61. The van der Waals surface area contributed by atoms with Gasteiger partial charge in [0.05, 0.1) is 13.0 Å². The number of hydrogen-bond donors (Lipinski definition) is 1. The highest BCUT2D eigenvalue weighted by Crippen LogP contribution is 2.44. The molecule has 0 aromatic carbocycles. The van der Waals surface area contributed by atoms with Gasteiger partial charge in [0.15, 0.2) is 6.29 Å². The molecule has 0 saturated carbocycles. The summed E-state index contributed by atoms with van der Waals surface area (Å²) < 4.78 is 15.1. The number of aliphatic hydroxyl groups is 1. The van der Waals surface area contributed by atoms with Crippen molar-refractivity contribution in [3.05, 3.63) is 0 Å². The average molecular weight is 146 g/mol. The molecule has 58 valence electrons. The van der Waals surface area contributed by atoms with Gasteiger partial charge in [0, 0.05) is 7.11 Å². The molecule has 4 heteroatoms. The number of aliphatic hydroxyl groups excluding tert-OH is 1. The maximum atomic E-state index is 9.02. The highest BCUT2D eigenvalue weighted by molar-refractivity contribution is 4.97. The Hall–Kier alpha value is -0.160. The fraction of sp³-hybridized carbons (Fsp3) is 1.00. The van der Waals surface area contributed by atoms with E-state index in [1.165, 1.54) is 0 Å². The lowest BCUT2D eigenvalue weighted by Gasteiger charge is -2.20. The maximum Gasteiger partial charge on any atom is 0.202 e. The third kappa shape index (κ3) is 0.769. The van der Waals surface area contributed by atoms with Crippen LogP contribution in [0.2, 0.25) is 0 Å². The molecule has 2 aliphatic rings. The fourth-order valence-electron chi connectivity index (χ4n) is 1.31. The van der Waals surface area contributed by atoms with Crippen LogP contribution in [0.15, 0.2) is 0 Å². The highest BCUT2D eigenvalue weighted by Gasteiger charge is 2.61. The summed E-state index contributed by atoms with van der Waals surface area (Å²) in [4.78, 5) is 0. The predicted octanol–water partition coefficient (Wildman–Crippen LogP) is -0.533. The van der Waals surface area contributed by atoms with E-state index in [0.29, 0.717) is 13.0 Å². The largest absolute Gasteiger partial charge is 0.368 e. The van der Waals surface area contributed by atoms with Crippen molar-refractivity contribution in [1.82, 2.24) is 0 Å². The van der Waals surface area contributed by atoms with E-state index in [1.54, 1.807) is 7.11 Å². The number of hydrogen-bond acceptors (Lipinski definition) is 4. The molecule has 1 unspecified atom stereocenters. The van der Waals surface area contributed by atoms with Crippen LogP contribution in [0.25, 0.3) is 0 Å². The Kier molecular flexibility index (Phi) is 1.25. The summed E-state index contributed by atoms with van der Waals surface area (Å²) in [6.07, 6.45) is -0.256. The van der Waals surface area contributed by atoms with E-state index < -0.39 is 12.1 Å². The fourth-order valence-corrected chi connectivity index (χ4v) is 1.31. The summed E-state index contributed by atoms with van der Waals surface area (Å²) in [5.41, 5.74) is 0. The lowest BCUT2D eigenvalue weighted by Crippen LogP contribution is -2.34. The van der Waals surface area contributed by atoms with Crippen molar-refractivity contribution >= 4 is 0 Å². The van der Waals surface area contributed by atoms with Gasteiger partial charge in [-0.2, -0.15) is 0 Å². The summed E-state index contributed by atoms with van der Waals surface area (Å²) in [5, 5.41) is 9.02. The molecule has 2 rings (SSSR count). The molecule has 0 spiro atoms. The molecule has 2 saturated heterocycles. The van der Waals surface area contributed by atoms with Crippen LogP contribution < -0.4 is 0 Å². The Labute approximate surface area is 58.7 Å². The van der Waals surface area contributed by atoms with E-state index in [2.05, 4.69) is 0 Å². The zero-order valence-electron chi connectivity index (χ0n) is 5.74. The minimum absolute atomic E-state index is 0.0425. The second-order valence-corrected chi connectivity index (χ2v) is 2.61. The van der Waals surface area contributed by atoms with Gasteiger partial charge >= 0.3 is 0 Å². The molecule has 1 N–H and O–H groups in total. The van der Waals surface area contributed by atoms with Crippen molar-refractivity contribution < 1.29 is 19.3 Å². The first-order valence-electron chi connectivity index (χ1n) is 3.29. The third-order valence-electron chi connectivity index (χ3n) is 2.02. The van der Waals surface area contributed by atoms with E-state index in [1.807, 2.05) is 0 Å². The van der Waals surface area contributed by atoms with Gasteiger partial charge in [0.1, 0.15) is 6.10 Å². The molecule has 0 amide bonds. The molecular weight excluding hydrogens is 136 g/mol. The molecule has 0 radical (unpaired) electrons. The molecule has 3 atom stereocenters. The maximum absolute atomic E-state index is 9.02. The van der Waals surface area contributed by atoms with Crippen LogP contribution in [0.5, 0.6) is 0 Å². The van der Waals surface area contributed by atoms with Crippen LogP contribution in [-0.4, -0.2) is 37.0 Å². The van der Waals surface area contributed by atoms with Gasteiger partial charge in [-0.25, -0.2) is 0 Å². The Balaban J connectivity index is 2.02. The minimum Gasteiger partial charge on any atom is -0.368 e. The number of methoxy groups -OCH3 is 1. The van der Waals surface area contributed by atoms with E-state index in [-0.39, 0.29) is 6.10 Å². The van der Waals surface area contributed by atoms with Crippen LogP contribution in [0.1, 0.15) is 6.42 Å². The van der Waals surface area contributed by atoms with E-state index in [0.717, 1.165) is 0 Å². The Morgan fingerprint density at radius 3 is 3.10 bits per heavy atom. The zero-order valence-corrected chi connectivity index (χ0v) is 5.74. The van der Waals surface area contributed by atoms with E-state index in [9.17, 15) is 0 Å². The van der Waals surface area contributed by atoms with Crippen molar-refractivity contribution in [1.29, 1.82) is 0 Å². The van der Waals surface area contributed by atoms with Crippen LogP contribution in [0.4, 0.5) is 0 Å². The Bertz CT molecular complexity index is 147. The molecule has 0 bridgehead atoms. The Morgan fingerprint density at radius 2 is 2.50 bits per heavy atom. The Morgan fingerprint density at radius 1 is 1.70 bits per heavy atom.